The number of nitrogens with one attached hydrogen (secondary N) is 1. The summed E-state index contributed by atoms with van der Waals surface area (Å²) in [5.41, 5.74) is 1.26. The van der Waals surface area contributed by atoms with Gasteiger partial charge in [-0.25, -0.2) is 4.98 Å². The number of Topliss-reactive ketones (excluding diaryl/α,β-unsaturated/α-hetero) is 1. The average Bonchev–Trinajstić information content (AvgIpc) is 3.28. The average molecular weight is 418 g/mol. The number of benzene rings is 1. The first-order chi connectivity index (χ1) is 13.0. The molecule has 0 aliphatic carbocycles. The van der Waals surface area contributed by atoms with Crippen LogP contribution in [0.5, 0.6) is 0 Å². The molecule has 4 rings (SSSR count). The highest BCUT2D eigenvalue weighted by Gasteiger charge is 2.23. The Bertz CT molecular complexity index is 1140. The van der Waals surface area contributed by atoms with Crippen LogP contribution in [0.4, 0.5) is 0 Å². The molecule has 27 heavy (non-hydrogen) atoms. The van der Waals surface area contributed by atoms with Gasteiger partial charge in [-0.2, -0.15) is 0 Å². The normalized spacial score (nSPS) is 14.0. The summed E-state index contributed by atoms with van der Waals surface area (Å²) in [6, 6.07) is 7.67. The van der Waals surface area contributed by atoms with Crippen LogP contribution in [0.3, 0.4) is 0 Å². The zero-order chi connectivity index (χ0) is 19.0. The molecule has 0 spiro atoms. The minimum atomic E-state index is -0.353. The predicted octanol–water partition coefficient (Wildman–Crippen LogP) is 2.71. The fraction of sp³-hybridized carbons (Fsp3) is 0.167. The van der Waals surface area contributed by atoms with Gasteiger partial charge < -0.3 is 0 Å². The third-order valence-electron chi connectivity index (χ3n) is 4.14. The van der Waals surface area contributed by atoms with Gasteiger partial charge in [0.1, 0.15) is 0 Å². The summed E-state index contributed by atoms with van der Waals surface area (Å²) in [6.07, 6.45) is 2.98. The van der Waals surface area contributed by atoms with Crippen LogP contribution in [0.1, 0.15) is 6.92 Å². The van der Waals surface area contributed by atoms with E-state index in [4.69, 9.17) is 23.2 Å². The lowest BCUT2D eigenvalue weighted by atomic mass is 10.1. The topological polar surface area (TPSA) is 83.9 Å². The van der Waals surface area contributed by atoms with E-state index in [-0.39, 0.29) is 11.0 Å². The van der Waals surface area contributed by atoms with Gasteiger partial charge in [-0.1, -0.05) is 53.2 Å². The highest BCUT2D eigenvalue weighted by molar-refractivity contribution is 8.00. The minimum absolute atomic E-state index is 0.0278. The van der Waals surface area contributed by atoms with Gasteiger partial charge in [0.15, 0.2) is 11.6 Å². The predicted molar refractivity (Wildman–Crippen MR) is 105 cm³/mol. The van der Waals surface area contributed by atoms with Gasteiger partial charge in [0.2, 0.25) is 5.16 Å². The summed E-state index contributed by atoms with van der Waals surface area (Å²) in [5, 5.41) is 9.59. The molecule has 1 N–H and O–H groups in total. The van der Waals surface area contributed by atoms with Crippen molar-refractivity contribution in [2.75, 3.05) is 6.54 Å². The van der Waals surface area contributed by atoms with Crippen molar-refractivity contribution in [1.29, 1.82) is 0 Å². The third-order valence-corrected chi connectivity index (χ3v) is 5.67. The Morgan fingerprint density at radius 3 is 2.74 bits per heavy atom. The van der Waals surface area contributed by atoms with Gasteiger partial charge in [-0.3, -0.25) is 19.9 Å². The number of carbonyl (C=O) groups is 1. The van der Waals surface area contributed by atoms with E-state index in [1.807, 2.05) is 31.2 Å². The number of aromatic amines is 1. The number of para-hydroxylation sites is 1. The van der Waals surface area contributed by atoms with Crippen molar-refractivity contribution in [3.63, 3.8) is 0 Å². The highest BCUT2D eigenvalue weighted by Crippen LogP contribution is 2.32. The van der Waals surface area contributed by atoms with E-state index >= 15 is 0 Å². The number of rotatable bonds is 5. The maximum absolute atomic E-state index is 12.9. The number of hydrogen-bond acceptors (Lipinski definition) is 6. The Labute approximate surface area is 168 Å². The number of aromatic nitrogens is 4. The molecule has 3 heterocycles. The quantitative estimate of drug-likeness (QED) is 0.645. The molecule has 1 aromatic carbocycles. The second-order valence-electron chi connectivity index (χ2n) is 5.88. The Hall–Kier alpha value is -2.22. The van der Waals surface area contributed by atoms with Crippen LogP contribution in [-0.4, -0.2) is 37.7 Å². The van der Waals surface area contributed by atoms with Crippen molar-refractivity contribution < 1.29 is 4.79 Å². The molecule has 6 nitrogen and oxygen atoms in total. The van der Waals surface area contributed by atoms with Gasteiger partial charge in [0.25, 0.3) is 0 Å². The third kappa shape index (κ3) is 3.50. The first-order valence-corrected chi connectivity index (χ1v) is 9.73. The largest absolute Gasteiger partial charge is 0.293 e. The molecule has 3 aromatic rings. The Balaban J connectivity index is 1.57. The number of ketones is 1. The van der Waals surface area contributed by atoms with E-state index in [0.717, 1.165) is 16.1 Å². The lowest BCUT2D eigenvalue weighted by molar-refractivity contribution is -0.113. The molecule has 1 atom stereocenters. The lowest BCUT2D eigenvalue weighted by Crippen LogP contribution is -2.27. The number of carbonyl (C=O) groups excluding carboxylic acids is 1. The van der Waals surface area contributed by atoms with Crippen molar-refractivity contribution in [2.24, 2.45) is 4.99 Å². The smallest absolute Gasteiger partial charge is 0.209 e. The fourth-order valence-corrected chi connectivity index (χ4v) is 4.18. The summed E-state index contributed by atoms with van der Waals surface area (Å²) in [7, 11) is 0. The Kier molecular flexibility index (Phi) is 4.99. The minimum Gasteiger partial charge on any atom is -0.293 e. The molecule has 136 valence electrons. The van der Waals surface area contributed by atoms with Gasteiger partial charge in [-0.05, 0) is 13.0 Å². The second kappa shape index (κ2) is 7.42. The van der Waals surface area contributed by atoms with Crippen molar-refractivity contribution >= 4 is 46.3 Å². The van der Waals surface area contributed by atoms with E-state index in [1.54, 1.807) is 0 Å². The van der Waals surface area contributed by atoms with Gasteiger partial charge in [-0.15, -0.1) is 5.10 Å². The Morgan fingerprint density at radius 2 is 1.96 bits per heavy atom. The SMILES string of the molecule is C[C@@H](Sc1n[nH]c(-c2c(Cl)cncc2Cl)n1)C(=O)C1=c2ccccc2=NC1. The molecule has 0 saturated carbocycles. The maximum Gasteiger partial charge on any atom is 0.209 e. The van der Waals surface area contributed by atoms with Crippen molar-refractivity contribution in [1.82, 2.24) is 20.2 Å². The van der Waals surface area contributed by atoms with Crippen LogP contribution in [0.25, 0.3) is 17.0 Å². The molecule has 1 aliphatic rings. The van der Waals surface area contributed by atoms with Crippen molar-refractivity contribution in [3.8, 4) is 11.4 Å². The van der Waals surface area contributed by atoms with Crippen molar-refractivity contribution in [2.45, 2.75) is 17.3 Å². The van der Waals surface area contributed by atoms with Crippen LogP contribution in [0, 0.1) is 0 Å². The molecule has 0 fully saturated rings. The Morgan fingerprint density at radius 1 is 1.22 bits per heavy atom. The van der Waals surface area contributed by atoms with Gasteiger partial charge >= 0.3 is 0 Å². The summed E-state index contributed by atoms with van der Waals surface area (Å²) in [6.45, 7) is 2.24. The molecule has 0 radical (unpaired) electrons. The summed E-state index contributed by atoms with van der Waals surface area (Å²) >= 11 is 13.6. The molecule has 0 amide bonds. The molecule has 1 aliphatic heterocycles. The first-order valence-electron chi connectivity index (χ1n) is 8.10. The summed E-state index contributed by atoms with van der Waals surface area (Å²) < 4.78 is 0. The van der Waals surface area contributed by atoms with Gasteiger partial charge in [0, 0.05) is 23.2 Å². The summed E-state index contributed by atoms with van der Waals surface area (Å²) in [5.74, 6) is 0.462. The molecule has 2 aromatic heterocycles. The number of hydrogen-bond donors (Lipinski definition) is 1. The highest BCUT2D eigenvalue weighted by atomic mass is 35.5. The van der Waals surface area contributed by atoms with Crippen LogP contribution < -0.4 is 10.6 Å². The number of nitrogens with zero attached hydrogens (tertiary/aromatic N) is 4. The van der Waals surface area contributed by atoms with Crippen LogP contribution >= 0.6 is 35.0 Å². The first kappa shape index (κ1) is 18.2. The van der Waals surface area contributed by atoms with Crippen molar-refractivity contribution in [3.05, 3.63) is 57.3 Å². The van der Waals surface area contributed by atoms with E-state index in [9.17, 15) is 4.79 Å². The lowest BCUT2D eigenvalue weighted by Gasteiger charge is -2.08. The van der Waals surface area contributed by atoms with Crippen LogP contribution in [0.15, 0.2) is 46.8 Å². The van der Waals surface area contributed by atoms with Crippen LogP contribution in [-0.2, 0) is 4.79 Å². The number of fused-ring (bicyclic) bond motifs is 1. The summed E-state index contributed by atoms with van der Waals surface area (Å²) in [4.78, 5) is 25.6. The zero-order valence-corrected chi connectivity index (χ0v) is 16.4. The van der Waals surface area contributed by atoms with E-state index in [2.05, 4.69) is 25.2 Å². The molecule has 0 bridgehead atoms. The molecule has 0 saturated heterocycles. The van der Waals surface area contributed by atoms with E-state index in [0.29, 0.717) is 33.1 Å². The van der Waals surface area contributed by atoms with E-state index in [1.165, 1.54) is 24.2 Å². The maximum atomic E-state index is 12.9. The number of pyridine rings is 1. The zero-order valence-electron chi connectivity index (χ0n) is 14.1. The standard InChI is InChI=1S/C18H13Cl2N5OS/c1-9(16(26)11-6-22-14-5-3-2-4-10(11)14)27-18-23-17(24-25-18)15-12(19)7-21-8-13(15)20/h2-5,7-9H,6H2,1H3,(H,23,24,25)/t9-/m1/s1. The second-order valence-corrected chi connectivity index (χ2v) is 8.00. The molecular weight excluding hydrogens is 405 g/mol. The number of H-pyrrole nitrogens is 1. The fourth-order valence-electron chi connectivity index (χ4n) is 2.83. The monoisotopic (exact) mass is 417 g/mol. The molecular formula is C18H13Cl2N5OS. The number of thioether (sulfide) groups is 1. The van der Waals surface area contributed by atoms with Crippen LogP contribution in [0.2, 0.25) is 10.0 Å². The molecule has 0 unspecified atom stereocenters. The van der Waals surface area contributed by atoms with Gasteiger partial charge in [0.05, 0.1) is 32.8 Å². The number of halogens is 2. The molecule has 9 heteroatoms. The van der Waals surface area contributed by atoms with E-state index < -0.39 is 0 Å².